The van der Waals surface area contributed by atoms with Gasteiger partial charge in [-0.3, -0.25) is 4.55 Å². The van der Waals surface area contributed by atoms with Crippen molar-refractivity contribution in [2.24, 2.45) is 0 Å². The minimum Gasteiger partial charge on any atom is -0.286 e. The average molecular weight is 168 g/mol. The number of rotatable bonds is 2. The van der Waals surface area contributed by atoms with Gasteiger partial charge in [-0.25, -0.2) is 0 Å². The first-order valence-corrected chi connectivity index (χ1v) is 3.72. The molecule has 0 fully saturated rings. The Hall–Kier alpha value is 1.20. The first-order chi connectivity index (χ1) is 3.06. The van der Waals surface area contributed by atoms with E-state index in [1.807, 2.05) is 0 Å². The van der Waals surface area contributed by atoms with Crippen LogP contribution >= 0.6 is 11.6 Å². The number of hydrogen-bond donors (Lipinski definition) is 1. The monoisotopic (exact) mass is 167 g/mol. The van der Waals surface area contributed by atoms with Crippen molar-refractivity contribution in [2.45, 2.75) is 0 Å². The van der Waals surface area contributed by atoms with E-state index >= 15 is 0 Å². The van der Waals surface area contributed by atoms with Crippen LogP contribution in [-0.2, 0) is 10.1 Å². The minimum atomic E-state index is -3.81. The molecule has 0 aromatic carbocycles. The molecule has 0 aliphatic heterocycles. The van der Waals surface area contributed by atoms with Gasteiger partial charge >= 0.3 is 0 Å². The van der Waals surface area contributed by atoms with Crippen LogP contribution in [0.1, 0.15) is 0 Å². The fourth-order valence-corrected chi connectivity index (χ4v) is 0.877. The summed E-state index contributed by atoms with van der Waals surface area (Å²) in [6.07, 6.45) is 0. The van der Waals surface area contributed by atoms with Crippen LogP contribution in [0.2, 0.25) is 0 Å². The fraction of sp³-hybridized carbons (Fsp3) is 1.00. The largest absolute Gasteiger partial charge is 0.286 e. The first kappa shape index (κ1) is 11.9. The third-order valence-electron chi connectivity index (χ3n) is 0.335. The van der Waals surface area contributed by atoms with Crippen LogP contribution < -0.4 is 0 Å². The summed E-state index contributed by atoms with van der Waals surface area (Å²) < 4.78 is 27.3. The van der Waals surface area contributed by atoms with Gasteiger partial charge in [0, 0.05) is 35.4 Å². The molecular weight excluding hydrogens is 163 g/mol. The molecule has 1 radical (unpaired) electrons. The number of alkyl halides is 1. The normalized spacial score (nSPS) is 10.2. The van der Waals surface area contributed by atoms with E-state index in [0.29, 0.717) is 0 Å². The summed E-state index contributed by atoms with van der Waals surface area (Å²) in [4.78, 5) is 0. The quantitative estimate of drug-likeness (QED) is 0.350. The van der Waals surface area contributed by atoms with Gasteiger partial charge < -0.3 is 0 Å². The Morgan fingerprint density at radius 3 is 1.88 bits per heavy atom. The van der Waals surface area contributed by atoms with Crippen molar-refractivity contribution in [2.75, 3.05) is 11.6 Å². The van der Waals surface area contributed by atoms with Crippen molar-refractivity contribution in [3.05, 3.63) is 0 Å². The average Bonchev–Trinajstić information content (AvgIpc) is 1.30. The Labute approximate surface area is 75.4 Å². The molecule has 0 saturated carbocycles. The minimum absolute atomic E-state index is 0. The first-order valence-electron chi connectivity index (χ1n) is 1.57. The van der Waals surface area contributed by atoms with Crippen LogP contribution in [0.25, 0.3) is 0 Å². The van der Waals surface area contributed by atoms with Crippen molar-refractivity contribution < 1.29 is 13.0 Å². The Kier molecular flexibility index (Phi) is 7.49. The molecule has 0 bridgehead atoms. The van der Waals surface area contributed by atoms with E-state index in [9.17, 15) is 8.42 Å². The second kappa shape index (κ2) is 5.02. The number of halogens is 1. The van der Waals surface area contributed by atoms with E-state index in [0.717, 1.165) is 0 Å². The van der Waals surface area contributed by atoms with Gasteiger partial charge in [0.25, 0.3) is 10.1 Å². The third-order valence-corrected chi connectivity index (χ3v) is 1.47. The summed E-state index contributed by atoms with van der Waals surface area (Å²) in [5, 5.41) is 0. The third kappa shape index (κ3) is 10.2. The van der Waals surface area contributed by atoms with Gasteiger partial charge in [-0.15, -0.1) is 11.6 Å². The standard InChI is InChI=1S/C2H5ClO3S.Na/c3-1-2-7(4,5)6;/h1-2H2,(H,4,5,6);. The van der Waals surface area contributed by atoms with Gasteiger partial charge in [-0.1, -0.05) is 0 Å². The van der Waals surface area contributed by atoms with Crippen LogP contribution in [0.3, 0.4) is 0 Å². The summed E-state index contributed by atoms with van der Waals surface area (Å²) in [5.74, 6) is -0.423. The van der Waals surface area contributed by atoms with E-state index in [1.54, 1.807) is 0 Å². The van der Waals surface area contributed by atoms with E-state index in [1.165, 1.54) is 0 Å². The molecule has 3 nitrogen and oxygen atoms in total. The van der Waals surface area contributed by atoms with Crippen LogP contribution in [0.5, 0.6) is 0 Å². The molecule has 0 saturated heterocycles. The topological polar surface area (TPSA) is 54.4 Å². The van der Waals surface area contributed by atoms with Crippen molar-refractivity contribution in [1.82, 2.24) is 0 Å². The molecule has 0 heterocycles. The molecule has 0 atom stereocenters. The van der Waals surface area contributed by atoms with Crippen molar-refractivity contribution in [3.63, 3.8) is 0 Å². The molecule has 1 N–H and O–H groups in total. The van der Waals surface area contributed by atoms with Crippen molar-refractivity contribution >= 4 is 51.3 Å². The molecule has 0 aliphatic rings. The Bertz CT molecular complexity index is 130. The Balaban J connectivity index is 0. The summed E-state index contributed by atoms with van der Waals surface area (Å²) in [7, 11) is -3.81. The molecule has 0 rings (SSSR count). The summed E-state index contributed by atoms with van der Waals surface area (Å²) >= 11 is 4.95. The van der Waals surface area contributed by atoms with Crippen LogP contribution in [0.15, 0.2) is 0 Å². The van der Waals surface area contributed by atoms with Crippen LogP contribution in [-0.4, -0.2) is 54.2 Å². The maximum Gasteiger partial charge on any atom is 0.266 e. The predicted molar refractivity (Wildman–Crippen MR) is 32.9 cm³/mol. The molecule has 6 heteroatoms. The smallest absolute Gasteiger partial charge is 0.266 e. The molecule has 0 spiro atoms. The summed E-state index contributed by atoms with van der Waals surface area (Å²) in [5.41, 5.74) is 0. The molecule has 0 aliphatic carbocycles. The van der Waals surface area contributed by atoms with Gasteiger partial charge in [0.2, 0.25) is 0 Å². The number of hydrogen-bond acceptors (Lipinski definition) is 2. The predicted octanol–water partition coefficient (Wildman–Crippen LogP) is -0.268. The Morgan fingerprint density at radius 1 is 1.50 bits per heavy atom. The molecule has 0 unspecified atom stereocenters. The van der Waals surface area contributed by atoms with Gasteiger partial charge in [0.1, 0.15) is 0 Å². The van der Waals surface area contributed by atoms with Crippen LogP contribution in [0.4, 0.5) is 0 Å². The van der Waals surface area contributed by atoms with Gasteiger partial charge in [0.15, 0.2) is 0 Å². The summed E-state index contributed by atoms with van der Waals surface area (Å²) in [6.45, 7) is 0. The zero-order valence-electron chi connectivity index (χ0n) is 4.46. The zero-order valence-corrected chi connectivity index (χ0v) is 8.04. The summed E-state index contributed by atoms with van der Waals surface area (Å²) in [6, 6.07) is 0. The molecular formula is C2H5ClNaO3S. The van der Waals surface area contributed by atoms with Gasteiger partial charge in [-0.2, -0.15) is 8.42 Å². The van der Waals surface area contributed by atoms with Crippen LogP contribution in [0, 0.1) is 0 Å². The molecule has 45 valence electrons. The van der Waals surface area contributed by atoms with Gasteiger partial charge in [-0.05, 0) is 0 Å². The molecule has 0 aromatic rings. The maximum atomic E-state index is 9.70. The van der Waals surface area contributed by atoms with Gasteiger partial charge in [0.05, 0.1) is 5.75 Å². The second-order valence-electron chi connectivity index (χ2n) is 0.975. The van der Waals surface area contributed by atoms with E-state index < -0.39 is 10.1 Å². The molecule has 8 heavy (non-hydrogen) atoms. The second-order valence-corrected chi connectivity index (χ2v) is 2.93. The Morgan fingerprint density at radius 2 is 1.88 bits per heavy atom. The van der Waals surface area contributed by atoms with E-state index in [4.69, 9.17) is 16.2 Å². The molecule has 0 aromatic heterocycles. The van der Waals surface area contributed by atoms with Crippen molar-refractivity contribution in [1.29, 1.82) is 0 Å². The van der Waals surface area contributed by atoms with Crippen molar-refractivity contribution in [3.8, 4) is 0 Å². The van der Waals surface area contributed by atoms with E-state index in [-0.39, 0.29) is 41.2 Å². The maximum absolute atomic E-state index is 9.70. The van der Waals surface area contributed by atoms with E-state index in [2.05, 4.69) is 0 Å². The SMILES string of the molecule is O=S(=O)(O)CCCl.[Na]. The molecule has 0 amide bonds. The fourth-order valence-electron chi connectivity index (χ4n) is 0.0975. The zero-order chi connectivity index (χ0) is 5.91.